The predicted molar refractivity (Wildman–Crippen MR) is 95.6 cm³/mol. The Morgan fingerprint density at radius 2 is 1.88 bits per heavy atom. The minimum absolute atomic E-state index is 0.0197. The maximum atomic E-state index is 12.2. The van der Waals surface area contributed by atoms with Gasteiger partial charge in [-0.15, -0.1) is 0 Å². The number of anilines is 1. The summed E-state index contributed by atoms with van der Waals surface area (Å²) in [6, 6.07) is 13.8. The van der Waals surface area contributed by atoms with Gasteiger partial charge >= 0.3 is 0 Å². The molecule has 25 heavy (non-hydrogen) atoms. The Morgan fingerprint density at radius 3 is 2.48 bits per heavy atom. The lowest BCUT2D eigenvalue weighted by molar-refractivity contribution is -0.121. The van der Waals surface area contributed by atoms with Gasteiger partial charge in [0, 0.05) is 17.2 Å². The van der Waals surface area contributed by atoms with Crippen LogP contribution in [0.1, 0.15) is 17.3 Å². The molecular formula is C19H21N3O3. The molecular weight excluding hydrogens is 318 g/mol. The molecule has 1 heterocycles. The molecule has 1 unspecified atom stereocenters. The van der Waals surface area contributed by atoms with E-state index >= 15 is 0 Å². The van der Waals surface area contributed by atoms with Crippen LogP contribution in [0.25, 0.3) is 0 Å². The normalized spacial score (nSPS) is 15.1. The Balaban J connectivity index is 1.61. The van der Waals surface area contributed by atoms with Gasteiger partial charge in [-0.3, -0.25) is 9.59 Å². The van der Waals surface area contributed by atoms with Gasteiger partial charge in [0.05, 0.1) is 0 Å². The number of ether oxygens (including phenoxy) is 1. The van der Waals surface area contributed by atoms with Crippen molar-refractivity contribution in [2.75, 3.05) is 18.4 Å². The molecule has 0 radical (unpaired) electrons. The SMILES string of the molecule is CC(C(=O)Nc1ccc(Oc2cccc(C(N)=O)c2)cc1)C1CNC1. The van der Waals surface area contributed by atoms with Gasteiger partial charge in [0.2, 0.25) is 11.8 Å². The smallest absolute Gasteiger partial charge is 0.248 e. The number of carbonyl (C=O) groups excluding carboxylic acids is 2. The van der Waals surface area contributed by atoms with Gasteiger partial charge in [-0.2, -0.15) is 0 Å². The van der Waals surface area contributed by atoms with E-state index < -0.39 is 5.91 Å². The molecule has 0 aliphatic carbocycles. The van der Waals surface area contributed by atoms with E-state index in [1.54, 1.807) is 48.5 Å². The number of hydrogen-bond acceptors (Lipinski definition) is 4. The summed E-state index contributed by atoms with van der Waals surface area (Å²) >= 11 is 0. The van der Waals surface area contributed by atoms with Crippen LogP contribution in [0.5, 0.6) is 11.5 Å². The molecule has 1 fully saturated rings. The zero-order chi connectivity index (χ0) is 17.8. The fourth-order valence-corrected chi connectivity index (χ4v) is 2.59. The van der Waals surface area contributed by atoms with Crippen LogP contribution in [0.2, 0.25) is 0 Å². The summed E-state index contributed by atoms with van der Waals surface area (Å²) in [5.74, 6) is 1.04. The lowest BCUT2D eigenvalue weighted by Crippen LogP contribution is -2.48. The standard InChI is InChI=1S/C19H21N3O3/c1-12(14-10-21-11-14)19(24)22-15-5-7-16(8-6-15)25-17-4-2-3-13(9-17)18(20)23/h2-9,12,14,21H,10-11H2,1H3,(H2,20,23)(H,22,24). The minimum Gasteiger partial charge on any atom is -0.457 e. The van der Waals surface area contributed by atoms with Crippen LogP contribution in [0.15, 0.2) is 48.5 Å². The molecule has 6 nitrogen and oxygen atoms in total. The highest BCUT2D eigenvalue weighted by molar-refractivity contribution is 5.93. The third-order valence-corrected chi connectivity index (χ3v) is 4.41. The molecule has 0 aromatic heterocycles. The monoisotopic (exact) mass is 339 g/mol. The van der Waals surface area contributed by atoms with Crippen LogP contribution < -0.4 is 21.1 Å². The summed E-state index contributed by atoms with van der Waals surface area (Å²) in [6.07, 6.45) is 0. The van der Waals surface area contributed by atoms with E-state index in [1.807, 2.05) is 6.92 Å². The predicted octanol–water partition coefficient (Wildman–Crippen LogP) is 2.37. The van der Waals surface area contributed by atoms with Crippen molar-refractivity contribution >= 4 is 17.5 Å². The van der Waals surface area contributed by atoms with Crippen molar-refractivity contribution in [3.8, 4) is 11.5 Å². The molecule has 2 amide bonds. The van der Waals surface area contributed by atoms with Gasteiger partial charge in [0.15, 0.2) is 0 Å². The molecule has 6 heteroatoms. The first kappa shape index (κ1) is 17.0. The van der Waals surface area contributed by atoms with E-state index in [2.05, 4.69) is 10.6 Å². The van der Waals surface area contributed by atoms with Gasteiger partial charge in [-0.05, 0) is 61.5 Å². The Morgan fingerprint density at radius 1 is 1.16 bits per heavy atom. The van der Waals surface area contributed by atoms with Crippen LogP contribution in [0.3, 0.4) is 0 Å². The van der Waals surface area contributed by atoms with E-state index in [1.165, 1.54) is 0 Å². The zero-order valence-electron chi connectivity index (χ0n) is 14.0. The van der Waals surface area contributed by atoms with Crippen molar-refractivity contribution in [3.63, 3.8) is 0 Å². The first-order valence-electron chi connectivity index (χ1n) is 8.22. The van der Waals surface area contributed by atoms with E-state index in [0.717, 1.165) is 18.8 Å². The largest absolute Gasteiger partial charge is 0.457 e. The van der Waals surface area contributed by atoms with Crippen molar-refractivity contribution in [2.24, 2.45) is 17.6 Å². The first-order valence-corrected chi connectivity index (χ1v) is 8.22. The van der Waals surface area contributed by atoms with Crippen molar-refractivity contribution in [1.82, 2.24) is 5.32 Å². The van der Waals surface area contributed by atoms with E-state index in [-0.39, 0.29) is 11.8 Å². The van der Waals surface area contributed by atoms with Gasteiger partial charge in [-0.25, -0.2) is 0 Å². The Labute approximate surface area is 146 Å². The molecule has 1 saturated heterocycles. The second-order valence-electron chi connectivity index (χ2n) is 6.21. The number of nitrogens with one attached hydrogen (secondary N) is 2. The number of hydrogen-bond donors (Lipinski definition) is 3. The first-order chi connectivity index (χ1) is 12.0. The minimum atomic E-state index is -0.501. The molecule has 0 saturated carbocycles. The van der Waals surface area contributed by atoms with E-state index in [9.17, 15) is 9.59 Å². The van der Waals surface area contributed by atoms with Crippen LogP contribution in [0.4, 0.5) is 5.69 Å². The van der Waals surface area contributed by atoms with Gasteiger partial charge in [0.25, 0.3) is 0 Å². The molecule has 1 atom stereocenters. The number of nitrogens with two attached hydrogens (primary N) is 1. The molecule has 2 aromatic rings. The zero-order valence-corrected chi connectivity index (χ0v) is 14.0. The van der Waals surface area contributed by atoms with E-state index in [0.29, 0.717) is 23.0 Å². The Kier molecular flexibility index (Phi) is 5.00. The summed E-state index contributed by atoms with van der Waals surface area (Å²) in [4.78, 5) is 23.4. The summed E-state index contributed by atoms with van der Waals surface area (Å²) in [7, 11) is 0. The highest BCUT2D eigenvalue weighted by Crippen LogP contribution is 2.24. The third-order valence-electron chi connectivity index (χ3n) is 4.41. The average molecular weight is 339 g/mol. The third kappa shape index (κ3) is 4.16. The van der Waals surface area contributed by atoms with Gasteiger partial charge in [0.1, 0.15) is 11.5 Å². The number of carbonyl (C=O) groups is 2. The maximum Gasteiger partial charge on any atom is 0.248 e. The van der Waals surface area contributed by atoms with Crippen LogP contribution in [-0.2, 0) is 4.79 Å². The van der Waals surface area contributed by atoms with Crippen LogP contribution in [-0.4, -0.2) is 24.9 Å². The molecule has 4 N–H and O–H groups in total. The molecule has 1 aliphatic heterocycles. The van der Waals surface area contributed by atoms with Crippen molar-refractivity contribution < 1.29 is 14.3 Å². The quantitative estimate of drug-likeness (QED) is 0.753. The summed E-state index contributed by atoms with van der Waals surface area (Å²) in [5.41, 5.74) is 6.38. The number of amides is 2. The second-order valence-corrected chi connectivity index (χ2v) is 6.21. The Hall–Kier alpha value is -2.86. The van der Waals surface area contributed by atoms with Gasteiger partial charge < -0.3 is 21.1 Å². The number of benzene rings is 2. The van der Waals surface area contributed by atoms with Crippen molar-refractivity contribution in [2.45, 2.75) is 6.92 Å². The Bertz CT molecular complexity index is 770. The molecule has 130 valence electrons. The fourth-order valence-electron chi connectivity index (χ4n) is 2.59. The van der Waals surface area contributed by atoms with Gasteiger partial charge in [-0.1, -0.05) is 13.0 Å². The van der Waals surface area contributed by atoms with Crippen molar-refractivity contribution in [3.05, 3.63) is 54.1 Å². The van der Waals surface area contributed by atoms with Crippen LogP contribution in [0, 0.1) is 11.8 Å². The second kappa shape index (κ2) is 7.36. The number of primary amides is 1. The lowest BCUT2D eigenvalue weighted by Gasteiger charge is -2.31. The molecule has 0 spiro atoms. The average Bonchev–Trinajstić information content (AvgIpc) is 2.55. The highest BCUT2D eigenvalue weighted by atomic mass is 16.5. The summed E-state index contributed by atoms with van der Waals surface area (Å²) in [5, 5.41) is 6.10. The summed E-state index contributed by atoms with van der Waals surface area (Å²) in [6.45, 7) is 3.74. The topological polar surface area (TPSA) is 93.4 Å². The molecule has 2 aromatic carbocycles. The van der Waals surface area contributed by atoms with Crippen LogP contribution >= 0.6 is 0 Å². The maximum absolute atomic E-state index is 12.2. The molecule has 1 aliphatic rings. The molecule has 0 bridgehead atoms. The van der Waals surface area contributed by atoms with E-state index in [4.69, 9.17) is 10.5 Å². The fraction of sp³-hybridized carbons (Fsp3) is 0.263. The molecule has 3 rings (SSSR count). The lowest BCUT2D eigenvalue weighted by atomic mass is 9.88. The summed E-state index contributed by atoms with van der Waals surface area (Å²) < 4.78 is 5.71. The van der Waals surface area contributed by atoms with Crippen molar-refractivity contribution in [1.29, 1.82) is 0 Å². The number of rotatable bonds is 6. The highest BCUT2D eigenvalue weighted by Gasteiger charge is 2.28.